The molecular weight excluding hydrogens is 568 g/mol. The standard InChI is InChI=1S/C41H30N2O3/c42-33(32-15-8-14-30-27-11-2-5-17-35(27)45-39(30)32)21-37(41-22-25(41)19-20-31-28-12-3-6-18-36(28)46-40(31)41)43-23-24-9-7-13-29-26-10-1-4-16-34(26)44-38(24)29/h1-3,5-7,9-13,15,17-21,23,25,42H,4,8,14,16,22H2/b37-21-,42-33?,43-23?. The largest absolute Gasteiger partial charge is 0.460 e. The van der Waals surface area contributed by atoms with Gasteiger partial charge in [0.15, 0.2) is 0 Å². The Morgan fingerprint density at radius 2 is 1.65 bits per heavy atom. The van der Waals surface area contributed by atoms with Crippen LogP contribution in [-0.4, -0.2) is 11.9 Å². The minimum Gasteiger partial charge on any atom is -0.460 e. The molecule has 5 nitrogen and oxygen atoms in total. The summed E-state index contributed by atoms with van der Waals surface area (Å²) in [5.74, 6) is 3.02. The highest BCUT2D eigenvalue weighted by molar-refractivity contribution is 6.28. The predicted molar refractivity (Wildman–Crippen MR) is 185 cm³/mol. The SMILES string of the molecule is N=C(/C=C(\N=Cc1cccc2c3c(oc12)CCC=C3)C12CC1C=Cc1c2oc2ccccc12)C1=CCCc2c1oc1ccccc21. The van der Waals surface area contributed by atoms with Crippen molar-refractivity contribution in [1.29, 1.82) is 5.41 Å². The van der Waals surface area contributed by atoms with E-state index in [1.807, 2.05) is 42.6 Å². The molecule has 1 N–H and O–H groups in total. The number of nitrogens with one attached hydrogen (secondary N) is 1. The fourth-order valence-electron chi connectivity index (χ4n) is 7.95. The monoisotopic (exact) mass is 598 g/mol. The first-order valence-corrected chi connectivity index (χ1v) is 16.2. The average molecular weight is 599 g/mol. The van der Waals surface area contributed by atoms with Crippen molar-refractivity contribution in [3.8, 4) is 0 Å². The van der Waals surface area contributed by atoms with Gasteiger partial charge in [-0.15, -0.1) is 0 Å². The van der Waals surface area contributed by atoms with Gasteiger partial charge < -0.3 is 18.7 Å². The molecule has 3 aromatic heterocycles. The van der Waals surface area contributed by atoms with Gasteiger partial charge in [0.1, 0.15) is 34.0 Å². The molecule has 1 fully saturated rings. The van der Waals surface area contributed by atoms with Gasteiger partial charge in [0.2, 0.25) is 0 Å². The third-order valence-electron chi connectivity index (χ3n) is 10.3. The lowest BCUT2D eigenvalue weighted by Gasteiger charge is -2.20. The summed E-state index contributed by atoms with van der Waals surface area (Å²) in [5, 5.41) is 12.8. The van der Waals surface area contributed by atoms with Crippen molar-refractivity contribution < 1.29 is 13.3 Å². The molecule has 222 valence electrons. The number of fused-ring (bicyclic) bond motifs is 11. The molecule has 4 aliphatic carbocycles. The van der Waals surface area contributed by atoms with E-state index in [-0.39, 0.29) is 5.92 Å². The van der Waals surface area contributed by atoms with Crippen LogP contribution in [0, 0.1) is 11.3 Å². The molecule has 5 heteroatoms. The second kappa shape index (κ2) is 9.54. The normalized spacial score (nSPS) is 21.4. The van der Waals surface area contributed by atoms with Crippen molar-refractivity contribution in [2.24, 2.45) is 10.9 Å². The van der Waals surface area contributed by atoms with Crippen LogP contribution in [0.3, 0.4) is 0 Å². The summed E-state index contributed by atoms with van der Waals surface area (Å²) in [6, 6.07) is 22.7. The summed E-state index contributed by atoms with van der Waals surface area (Å²) < 4.78 is 19.4. The Kier molecular flexibility index (Phi) is 5.36. The highest BCUT2D eigenvalue weighted by Gasteiger charge is 2.61. The molecule has 3 aromatic carbocycles. The van der Waals surface area contributed by atoms with E-state index in [4.69, 9.17) is 18.2 Å². The first kappa shape index (κ1) is 25.9. The van der Waals surface area contributed by atoms with Crippen LogP contribution in [0.15, 0.2) is 115 Å². The third kappa shape index (κ3) is 3.63. The zero-order valence-electron chi connectivity index (χ0n) is 25.2. The Balaban J connectivity index is 1.13. The number of nitrogens with zero attached hydrogens (tertiary/aromatic N) is 1. The lowest BCUT2D eigenvalue weighted by molar-refractivity contribution is 0.494. The van der Waals surface area contributed by atoms with Gasteiger partial charge in [0.05, 0.1) is 16.8 Å². The minimum atomic E-state index is -0.448. The predicted octanol–water partition coefficient (Wildman–Crippen LogP) is 10.2. The van der Waals surface area contributed by atoms with Crippen LogP contribution in [0.4, 0.5) is 0 Å². The van der Waals surface area contributed by atoms with Crippen molar-refractivity contribution in [1.82, 2.24) is 0 Å². The van der Waals surface area contributed by atoms with Crippen LogP contribution in [0.5, 0.6) is 0 Å². The Morgan fingerprint density at radius 3 is 2.57 bits per heavy atom. The maximum atomic E-state index is 9.48. The van der Waals surface area contributed by atoms with E-state index in [0.29, 0.717) is 5.71 Å². The number of aliphatic imine (C=N–C) groups is 1. The van der Waals surface area contributed by atoms with Crippen molar-refractivity contribution in [3.63, 3.8) is 0 Å². The quantitative estimate of drug-likeness (QED) is 0.201. The second-order valence-electron chi connectivity index (χ2n) is 12.8. The van der Waals surface area contributed by atoms with Gasteiger partial charge in [-0.05, 0) is 55.9 Å². The maximum absolute atomic E-state index is 9.48. The van der Waals surface area contributed by atoms with Gasteiger partial charge in [-0.1, -0.05) is 78.9 Å². The van der Waals surface area contributed by atoms with Crippen LogP contribution in [0.25, 0.3) is 50.6 Å². The topological polar surface area (TPSA) is 75.6 Å². The van der Waals surface area contributed by atoms with E-state index in [9.17, 15) is 5.41 Å². The molecule has 0 saturated heterocycles. The van der Waals surface area contributed by atoms with Gasteiger partial charge in [0.25, 0.3) is 0 Å². The first-order chi connectivity index (χ1) is 22.7. The molecule has 2 atom stereocenters. The van der Waals surface area contributed by atoms with Crippen molar-refractivity contribution >= 4 is 62.6 Å². The fraction of sp³-hybridized carbons (Fsp3) is 0.171. The molecule has 46 heavy (non-hydrogen) atoms. The zero-order chi connectivity index (χ0) is 30.4. The summed E-state index contributed by atoms with van der Waals surface area (Å²) in [5.41, 5.74) is 8.59. The van der Waals surface area contributed by atoms with Gasteiger partial charge in [0, 0.05) is 56.6 Å². The lowest BCUT2D eigenvalue weighted by atomic mass is 9.86. The molecule has 6 aromatic rings. The molecule has 0 bridgehead atoms. The van der Waals surface area contributed by atoms with E-state index >= 15 is 0 Å². The molecular formula is C41H30N2O3. The number of hydrogen-bond acceptors (Lipinski definition) is 5. The number of rotatable bonds is 5. The van der Waals surface area contributed by atoms with Crippen LogP contribution < -0.4 is 0 Å². The lowest BCUT2D eigenvalue weighted by Crippen LogP contribution is -2.17. The summed E-state index contributed by atoms with van der Waals surface area (Å²) in [6.07, 6.45) is 19.5. The maximum Gasteiger partial charge on any atom is 0.143 e. The van der Waals surface area contributed by atoms with Crippen LogP contribution in [0.2, 0.25) is 0 Å². The van der Waals surface area contributed by atoms with Crippen molar-refractivity contribution in [2.75, 3.05) is 0 Å². The van der Waals surface area contributed by atoms with Gasteiger partial charge in [-0.3, -0.25) is 4.99 Å². The number of aryl methyl sites for hydroxylation is 2. The highest BCUT2D eigenvalue weighted by Crippen LogP contribution is 2.64. The molecule has 0 radical (unpaired) electrons. The number of allylic oxidation sites excluding steroid dienone is 6. The van der Waals surface area contributed by atoms with Crippen LogP contribution in [-0.2, 0) is 18.3 Å². The molecule has 4 aliphatic rings. The smallest absolute Gasteiger partial charge is 0.143 e. The first-order valence-electron chi connectivity index (χ1n) is 16.2. The Hall–Kier alpha value is -5.42. The number of furan rings is 3. The minimum absolute atomic E-state index is 0.246. The fourth-order valence-corrected chi connectivity index (χ4v) is 7.95. The van der Waals surface area contributed by atoms with E-state index in [2.05, 4.69) is 66.8 Å². The summed E-state index contributed by atoms with van der Waals surface area (Å²) in [7, 11) is 0. The second-order valence-corrected chi connectivity index (χ2v) is 12.8. The van der Waals surface area contributed by atoms with Crippen LogP contribution >= 0.6 is 0 Å². The van der Waals surface area contributed by atoms with E-state index in [1.54, 1.807) is 0 Å². The Bertz CT molecular complexity index is 2440. The molecule has 2 unspecified atom stereocenters. The summed E-state index contributed by atoms with van der Waals surface area (Å²) in [6.45, 7) is 0. The van der Waals surface area contributed by atoms with E-state index < -0.39 is 5.41 Å². The van der Waals surface area contributed by atoms with Gasteiger partial charge in [-0.25, -0.2) is 0 Å². The highest BCUT2D eigenvalue weighted by atomic mass is 16.3. The Labute approximate surface area is 265 Å². The zero-order valence-corrected chi connectivity index (χ0v) is 25.2. The Morgan fingerprint density at radius 1 is 0.826 bits per heavy atom. The molecule has 0 spiro atoms. The number of benzene rings is 3. The van der Waals surface area contributed by atoms with Crippen LogP contribution in [0.1, 0.15) is 58.8 Å². The number of para-hydroxylation sites is 3. The summed E-state index contributed by atoms with van der Waals surface area (Å²) in [4.78, 5) is 5.26. The number of hydrogen-bond donors (Lipinski definition) is 1. The van der Waals surface area contributed by atoms with E-state index in [1.165, 1.54) is 11.1 Å². The summed E-state index contributed by atoms with van der Waals surface area (Å²) >= 11 is 0. The molecule has 3 heterocycles. The van der Waals surface area contributed by atoms with E-state index in [0.717, 1.165) is 105 Å². The molecule has 0 aliphatic heterocycles. The molecule has 1 saturated carbocycles. The van der Waals surface area contributed by atoms with Crippen molar-refractivity contribution in [2.45, 2.75) is 37.5 Å². The molecule has 0 amide bonds. The van der Waals surface area contributed by atoms with Gasteiger partial charge in [-0.2, -0.15) is 0 Å². The van der Waals surface area contributed by atoms with Crippen molar-refractivity contribution in [3.05, 3.63) is 136 Å². The average Bonchev–Trinajstić information content (AvgIpc) is 3.36. The third-order valence-corrected chi connectivity index (χ3v) is 10.3. The molecule has 10 rings (SSSR count). The van der Waals surface area contributed by atoms with Gasteiger partial charge >= 0.3 is 0 Å².